The molecule has 1 saturated heterocycles. The van der Waals surface area contributed by atoms with Crippen LogP contribution in [0.25, 0.3) is 11.5 Å². The number of ether oxygens (including phenoxy) is 1. The molecule has 0 aliphatic carbocycles. The fraction of sp³-hybridized carbons (Fsp3) is 0.385. The summed E-state index contributed by atoms with van der Waals surface area (Å²) in [7, 11) is 0. The van der Waals surface area contributed by atoms with Crippen molar-refractivity contribution in [3.05, 3.63) is 59.6 Å². The zero-order chi connectivity index (χ0) is 25.7. The molecule has 2 aromatic heterocycles. The molecule has 1 aromatic carbocycles. The van der Waals surface area contributed by atoms with E-state index in [0.29, 0.717) is 48.9 Å². The van der Waals surface area contributed by atoms with Gasteiger partial charge in [-0.3, -0.25) is 14.5 Å². The Hall–Kier alpha value is -3.76. The number of anilines is 2. The summed E-state index contributed by atoms with van der Waals surface area (Å²) in [5.41, 5.74) is 8.07. The number of pyridine rings is 1. The van der Waals surface area contributed by atoms with Crippen LogP contribution in [0.4, 0.5) is 11.5 Å². The van der Waals surface area contributed by atoms with E-state index >= 15 is 0 Å². The van der Waals surface area contributed by atoms with Crippen LogP contribution in [0.15, 0.2) is 47.2 Å². The Kier molecular flexibility index (Phi) is 7.66. The maximum Gasteiger partial charge on any atom is 0.277 e. The Morgan fingerprint density at radius 2 is 2.03 bits per heavy atom. The second kappa shape index (κ2) is 10.9. The average molecular weight is 493 g/mol. The summed E-state index contributed by atoms with van der Waals surface area (Å²) in [4.78, 5) is 36.5. The molecule has 4 rings (SSSR count). The van der Waals surface area contributed by atoms with Crippen LogP contribution >= 0.6 is 0 Å². The number of nitrogens with two attached hydrogens (primary N) is 1. The van der Waals surface area contributed by atoms with Crippen molar-refractivity contribution in [2.45, 2.75) is 39.3 Å². The quantitative estimate of drug-likeness (QED) is 0.436. The van der Waals surface area contributed by atoms with Crippen LogP contribution in [0.2, 0.25) is 0 Å². The molecule has 4 N–H and O–H groups in total. The third-order valence-corrected chi connectivity index (χ3v) is 6.07. The number of nitrogen functional groups attached to an aromatic ring is 1. The van der Waals surface area contributed by atoms with Crippen molar-refractivity contribution in [3.63, 3.8) is 0 Å². The van der Waals surface area contributed by atoms with E-state index in [2.05, 4.69) is 39.3 Å². The molecule has 0 saturated carbocycles. The molecule has 3 heterocycles. The number of aromatic nitrogens is 2. The van der Waals surface area contributed by atoms with Gasteiger partial charge in [0.25, 0.3) is 11.8 Å². The van der Waals surface area contributed by atoms with Gasteiger partial charge in [-0.1, -0.05) is 13.0 Å². The lowest BCUT2D eigenvalue weighted by Gasteiger charge is -2.42. The number of carbonyl (C=O) groups excluding carboxylic acids is 2. The van der Waals surface area contributed by atoms with E-state index in [1.54, 1.807) is 18.2 Å². The molecule has 10 nitrogen and oxygen atoms in total. The predicted octanol–water partition coefficient (Wildman–Crippen LogP) is 3.32. The third-order valence-electron chi connectivity index (χ3n) is 6.07. The summed E-state index contributed by atoms with van der Waals surface area (Å²) < 4.78 is 11.1. The number of amides is 2. The minimum Gasteiger partial charge on any atom is -0.444 e. The first-order valence-corrected chi connectivity index (χ1v) is 12.0. The van der Waals surface area contributed by atoms with Crippen molar-refractivity contribution < 1.29 is 18.7 Å². The largest absolute Gasteiger partial charge is 0.444 e. The summed E-state index contributed by atoms with van der Waals surface area (Å²) in [6.45, 7) is 9.60. The molecular weight excluding hydrogens is 460 g/mol. The summed E-state index contributed by atoms with van der Waals surface area (Å²) in [6.07, 6.45) is 3.61. The number of hydrogen-bond acceptors (Lipinski definition) is 8. The van der Waals surface area contributed by atoms with Crippen molar-refractivity contribution in [1.82, 2.24) is 20.2 Å². The molecule has 3 aromatic rings. The van der Waals surface area contributed by atoms with Gasteiger partial charge in [0.1, 0.15) is 12.1 Å². The summed E-state index contributed by atoms with van der Waals surface area (Å²) >= 11 is 0. The van der Waals surface area contributed by atoms with Crippen molar-refractivity contribution in [3.8, 4) is 11.5 Å². The van der Waals surface area contributed by atoms with Crippen LogP contribution in [-0.2, 0) is 11.3 Å². The SMILES string of the molecule is CCCNC(=O)c1cc(CN2CCOCC2(C)C)ccc1NC(=O)c1coc(-c2ccnc(N)c2)n1. The fourth-order valence-electron chi connectivity index (χ4n) is 4.00. The molecule has 0 bridgehead atoms. The van der Waals surface area contributed by atoms with Crippen LogP contribution in [0.5, 0.6) is 0 Å². The van der Waals surface area contributed by atoms with Gasteiger partial charge in [-0.25, -0.2) is 9.97 Å². The van der Waals surface area contributed by atoms with Crippen LogP contribution in [-0.4, -0.2) is 58.5 Å². The minimum absolute atomic E-state index is 0.0828. The smallest absolute Gasteiger partial charge is 0.277 e. The molecular formula is C26H32N6O4. The molecule has 0 unspecified atom stereocenters. The van der Waals surface area contributed by atoms with E-state index in [-0.39, 0.29) is 23.0 Å². The fourth-order valence-corrected chi connectivity index (χ4v) is 4.00. The second-order valence-electron chi connectivity index (χ2n) is 9.38. The highest BCUT2D eigenvalue weighted by Crippen LogP contribution is 2.25. The maximum atomic E-state index is 13.0. The van der Waals surface area contributed by atoms with E-state index in [0.717, 1.165) is 18.5 Å². The molecule has 0 spiro atoms. The van der Waals surface area contributed by atoms with Crippen molar-refractivity contribution >= 4 is 23.3 Å². The van der Waals surface area contributed by atoms with Gasteiger partial charge in [0, 0.05) is 36.9 Å². The molecule has 36 heavy (non-hydrogen) atoms. The van der Waals surface area contributed by atoms with Gasteiger partial charge >= 0.3 is 0 Å². The molecule has 1 aliphatic rings. The highest BCUT2D eigenvalue weighted by molar-refractivity contribution is 6.08. The molecule has 1 fully saturated rings. The van der Waals surface area contributed by atoms with E-state index in [4.69, 9.17) is 14.9 Å². The first kappa shape index (κ1) is 25.3. The van der Waals surface area contributed by atoms with E-state index in [9.17, 15) is 9.59 Å². The number of nitrogens with one attached hydrogen (secondary N) is 2. The van der Waals surface area contributed by atoms with E-state index in [1.807, 2.05) is 19.1 Å². The van der Waals surface area contributed by atoms with E-state index < -0.39 is 5.91 Å². The van der Waals surface area contributed by atoms with Gasteiger partial charge < -0.3 is 25.5 Å². The number of nitrogens with zero attached hydrogens (tertiary/aromatic N) is 3. The Bertz CT molecular complexity index is 1240. The van der Waals surface area contributed by atoms with Gasteiger partial charge in [0.15, 0.2) is 5.69 Å². The standard InChI is InChI=1S/C26H32N6O4/c1-4-8-29-23(33)19-12-17(14-32-10-11-35-16-26(32,2)3)5-6-20(19)30-24(34)21-15-36-25(31-21)18-7-9-28-22(27)13-18/h5-7,9,12-13,15H,4,8,10-11,14,16H2,1-3H3,(H2,27,28)(H,29,33)(H,30,34). The van der Waals surface area contributed by atoms with Crippen molar-refractivity contribution in [1.29, 1.82) is 0 Å². The Balaban J connectivity index is 1.56. The topological polar surface area (TPSA) is 136 Å². The molecule has 1 aliphatic heterocycles. The highest BCUT2D eigenvalue weighted by Gasteiger charge is 2.30. The molecule has 10 heteroatoms. The highest BCUT2D eigenvalue weighted by atomic mass is 16.5. The number of rotatable bonds is 8. The maximum absolute atomic E-state index is 13.0. The third kappa shape index (κ3) is 5.89. The van der Waals surface area contributed by atoms with Gasteiger partial charge in [-0.15, -0.1) is 0 Å². The molecule has 0 atom stereocenters. The number of benzene rings is 1. The lowest BCUT2D eigenvalue weighted by Crippen LogP contribution is -2.52. The number of hydrogen-bond donors (Lipinski definition) is 3. The summed E-state index contributed by atoms with van der Waals surface area (Å²) in [5.74, 6) is -0.166. The minimum atomic E-state index is -0.487. The van der Waals surface area contributed by atoms with Crippen LogP contribution in [0, 0.1) is 0 Å². The Morgan fingerprint density at radius 3 is 2.78 bits per heavy atom. The summed E-state index contributed by atoms with van der Waals surface area (Å²) in [5, 5.41) is 5.72. The predicted molar refractivity (Wildman–Crippen MR) is 136 cm³/mol. The second-order valence-corrected chi connectivity index (χ2v) is 9.38. The van der Waals surface area contributed by atoms with Gasteiger partial charge in [-0.05, 0) is 50.1 Å². The first-order valence-electron chi connectivity index (χ1n) is 12.0. The van der Waals surface area contributed by atoms with Crippen LogP contribution < -0.4 is 16.4 Å². The monoisotopic (exact) mass is 492 g/mol. The Labute approximate surface area is 210 Å². The van der Waals surface area contributed by atoms with E-state index in [1.165, 1.54) is 12.5 Å². The molecule has 0 radical (unpaired) electrons. The average Bonchev–Trinajstić information content (AvgIpc) is 3.35. The summed E-state index contributed by atoms with van der Waals surface area (Å²) in [6, 6.07) is 8.81. The number of oxazole rings is 1. The first-order chi connectivity index (χ1) is 17.3. The lowest BCUT2D eigenvalue weighted by molar-refractivity contribution is -0.0552. The van der Waals surface area contributed by atoms with Gasteiger partial charge in [0.2, 0.25) is 5.89 Å². The van der Waals surface area contributed by atoms with Gasteiger partial charge in [0.05, 0.1) is 24.5 Å². The lowest BCUT2D eigenvalue weighted by atomic mass is 10.00. The van der Waals surface area contributed by atoms with Gasteiger partial charge in [-0.2, -0.15) is 0 Å². The number of morpholine rings is 1. The number of carbonyl (C=O) groups is 2. The zero-order valence-electron chi connectivity index (χ0n) is 20.8. The molecule has 190 valence electrons. The van der Waals surface area contributed by atoms with Crippen molar-refractivity contribution in [2.75, 3.05) is 37.4 Å². The zero-order valence-corrected chi connectivity index (χ0v) is 20.8. The normalized spacial score (nSPS) is 15.4. The van der Waals surface area contributed by atoms with Crippen molar-refractivity contribution in [2.24, 2.45) is 0 Å². The Morgan fingerprint density at radius 1 is 1.19 bits per heavy atom. The van der Waals surface area contributed by atoms with Crippen LogP contribution in [0.1, 0.15) is 53.6 Å². The molecule has 2 amide bonds. The van der Waals surface area contributed by atoms with Crippen LogP contribution in [0.3, 0.4) is 0 Å².